The molecule has 0 bridgehead atoms. The van der Waals surface area contributed by atoms with E-state index in [1.165, 1.54) is 0 Å². The third-order valence-electron chi connectivity index (χ3n) is 2.54. The van der Waals surface area contributed by atoms with E-state index in [2.05, 4.69) is 0 Å². The molecule has 0 unspecified atom stereocenters. The van der Waals surface area contributed by atoms with Gasteiger partial charge in [-0.25, -0.2) is 4.57 Å². The van der Waals surface area contributed by atoms with Gasteiger partial charge in [-0.2, -0.15) is 0 Å². The predicted octanol–water partition coefficient (Wildman–Crippen LogP) is 2.24. The van der Waals surface area contributed by atoms with Gasteiger partial charge in [0, 0.05) is 24.3 Å². The molecule has 0 aliphatic rings. The summed E-state index contributed by atoms with van der Waals surface area (Å²) in [5.74, 6) is -0.216. The van der Waals surface area contributed by atoms with Crippen molar-refractivity contribution in [2.45, 2.75) is 0 Å². The van der Waals surface area contributed by atoms with Crippen LogP contribution in [-0.2, 0) is 4.57 Å². The number of phosphoric ester groups is 1. The molecule has 0 spiro atoms. The van der Waals surface area contributed by atoms with Crippen molar-refractivity contribution in [2.24, 2.45) is 0 Å². The van der Waals surface area contributed by atoms with E-state index in [-0.39, 0.29) is 28.3 Å². The van der Waals surface area contributed by atoms with Gasteiger partial charge >= 0.3 is 7.82 Å². The van der Waals surface area contributed by atoms with E-state index in [0.29, 0.717) is 0 Å². The lowest BCUT2D eigenvalue weighted by atomic mass is 10.3. The summed E-state index contributed by atoms with van der Waals surface area (Å²) in [5.41, 5.74) is -0.414. The summed E-state index contributed by atoms with van der Waals surface area (Å²) in [7, 11) is -4.55. The summed E-state index contributed by atoms with van der Waals surface area (Å²) in [4.78, 5) is 29.4. The van der Waals surface area contributed by atoms with E-state index in [1.807, 2.05) is 0 Å². The SMILES string of the molecule is O.O=[N+]([O-])c1ccc(OP(=O)(O)Oc2ccc([N+](=O)[O-])cc2)cc1. The van der Waals surface area contributed by atoms with Crippen LogP contribution in [-0.4, -0.2) is 20.2 Å². The third-order valence-corrected chi connectivity index (χ3v) is 3.42. The van der Waals surface area contributed by atoms with Crippen LogP contribution in [0, 0.1) is 20.2 Å². The molecule has 3 N–H and O–H groups in total. The second-order valence-corrected chi connectivity index (χ2v) is 5.46. The third kappa shape index (κ3) is 5.02. The first-order valence-corrected chi connectivity index (χ1v) is 7.47. The molecule has 0 saturated carbocycles. The number of phosphoric acid groups is 1. The largest absolute Gasteiger partial charge is 0.584 e. The van der Waals surface area contributed by atoms with Crippen LogP contribution in [0.4, 0.5) is 11.4 Å². The smallest absolute Gasteiger partial charge is 0.412 e. The number of rotatable bonds is 6. The fraction of sp³-hybridized carbons (Fsp3) is 0. The molecular weight excluding hydrogens is 347 g/mol. The maximum Gasteiger partial charge on any atom is 0.584 e. The lowest BCUT2D eigenvalue weighted by Crippen LogP contribution is -2.00. The topological polar surface area (TPSA) is 174 Å². The Kier molecular flexibility index (Phi) is 5.95. The van der Waals surface area contributed by atoms with Gasteiger partial charge in [0.2, 0.25) is 0 Å². The number of non-ortho nitro benzene ring substituents is 2. The van der Waals surface area contributed by atoms with Gasteiger partial charge in [0.25, 0.3) is 11.4 Å². The average molecular weight is 358 g/mol. The molecule has 0 aliphatic carbocycles. The Hall–Kier alpha value is -3.01. The molecule has 128 valence electrons. The Labute approximate surface area is 134 Å². The van der Waals surface area contributed by atoms with Gasteiger partial charge in [0.05, 0.1) is 9.85 Å². The van der Waals surface area contributed by atoms with E-state index in [0.717, 1.165) is 48.5 Å². The molecule has 0 aliphatic heterocycles. The van der Waals surface area contributed by atoms with E-state index in [4.69, 9.17) is 9.05 Å². The second-order valence-electron chi connectivity index (χ2n) is 4.15. The molecule has 0 fully saturated rings. The van der Waals surface area contributed by atoms with Crippen molar-refractivity contribution in [2.75, 3.05) is 0 Å². The molecule has 24 heavy (non-hydrogen) atoms. The summed E-state index contributed by atoms with van der Waals surface area (Å²) in [5, 5.41) is 21.0. The van der Waals surface area contributed by atoms with Gasteiger partial charge in [-0.1, -0.05) is 0 Å². The first kappa shape index (κ1) is 19.0. The Balaban J connectivity index is 0.00000288. The monoisotopic (exact) mass is 358 g/mol. The highest BCUT2D eigenvalue weighted by Crippen LogP contribution is 2.44. The van der Waals surface area contributed by atoms with Gasteiger partial charge in [-0.3, -0.25) is 25.1 Å². The average Bonchev–Trinajstić information content (AvgIpc) is 2.47. The standard InChI is InChI=1S/C12H9N2O8P.H2O/c15-13(16)9-1-5-11(6-2-9)21-23(19,20)22-12-7-3-10(4-8-12)14(17)18;/h1-8H,(H,19,20);1H2. The van der Waals surface area contributed by atoms with Crippen LogP contribution in [0.15, 0.2) is 48.5 Å². The molecule has 2 rings (SSSR count). The maximum absolute atomic E-state index is 11.8. The van der Waals surface area contributed by atoms with Gasteiger partial charge in [-0.05, 0) is 24.3 Å². The Bertz CT molecular complexity index is 713. The molecule has 0 saturated heterocycles. The first-order valence-electron chi connectivity index (χ1n) is 5.98. The molecule has 0 atom stereocenters. The summed E-state index contributed by atoms with van der Waals surface area (Å²) in [6.07, 6.45) is 0. The molecule has 2 aromatic rings. The fourth-order valence-electron chi connectivity index (χ4n) is 1.54. The zero-order valence-electron chi connectivity index (χ0n) is 11.8. The van der Waals surface area contributed by atoms with Crippen molar-refractivity contribution in [1.82, 2.24) is 0 Å². The molecule has 0 heterocycles. The van der Waals surface area contributed by atoms with Crippen molar-refractivity contribution in [3.05, 3.63) is 68.8 Å². The number of benzene rings is 2. The predicted molar refractivity (Wildman–Crippen MR) is 80.9 cm³/mol. The Morgan fingerprint density at radius 1 is 0.792 bits per heavy atom. The lowest BCUT2D eigenvalue weighted by molar-refractivity contribution is -0.385. The van der Waals surface area contributed by atoms with E-state index >= 15 is 0 Å². The maximum atomic E-state index is 11.8. The van der Waals surface area contributed by atoms with Crippen LogP contribution < -0.4 is 9.05 Å². The van der Waals surface area contributed by atoms with Crippen LogP contribution >= 0.6 is 7.82 Å². The Morgan fingerprint density at radius 3 is 1.33 bits per heavy atom. The highest BCUT2D eigenvalue weighted by molar-refractivity contribution is 7.48. The summed E-state index contributed by atoms with van der Waals surface area (Å²) >= 11 is 0. The van der Waals surface area contributed by atoms with Gasteiger partial charge in [0.15, 0.2) is 0 Å². The zero-order valence-corrected chi connectivity index (χ0v) is 12.7. The molecular formula is C12H11N2O9P. The number of hydrogen-bond donors (Lipinski definition) is 1. The van der Waals surface area contributed by atoms with E-state index in [9.17, 15) is 29.7 Å². The normalized spacial score (nSPS) is 10.4. The fourth-order valence-corrected chi connectivity index (χ4v) is 2.36. The number of nitro groups is 2. The van der Waals surface area contributed by atoms with Gasteiger partial charge in [0.1, 0.15) is 11.5 Å². The second kappa shape index (κ2) is 7.51. The van der Waals surface area contributed by atoms with E-state index in [1.54, 1.807) is 0 Å². The van der Waals surface area contributed by atoms with Gasteiger partial charge in [-0.15, -0.1) is 0 Å². The number of nitrogens with zero attached hydrogens (tertiary/aromatic N) is 2. The zero-order chi connectivity index (χ0) is 17.0. The highest BCUT2D eigenvalue weighted by Gasteiger charge is 2.25. The van der Waals surface area contributed by atoms with Crippen LogP contribution in [0.3, 0.4) is 0 Å². The van der Waals surface area contributed by atoms with Crippen molar-refractivity contribution in [3.8, 4) is 11.5 Å². The van der Waals surface area contributed by atoms with E-state index < -0.39 is 17.7 Å². The summed E-state index contributed by atoms with van der Waals surface area (Å²) in [6.45, 7) is 0. The van der Waals surface area contributed by atoms with Gasteiger partial charge < -0.3 is 14.5 Å². The van der Waals surface area contributed by atoms with Crippen LogP contribution in [0.25, 0.3) is 0 Å². The van der Waals surface area contributed by atoms with Crippen molar-refractivity contribution < 1.29 is 33.8 Å². The number of hydrogen-bond acceptors (Lipinski definition) is 7. The van der Waals surface area contributed by atoms with Crippen molar-refractivity contribution in [3.63, 3.8) is 0 Å². The van der Waals surface area contributed by atoms with Crippen molar-refractivity contribution >= 4 is 19.2 Å². The molecule has 12 heteroatoms. The minimum Gasteiger partial charge on any atom is -0.412 e. The summed E-state index contributed by atoms with van der Waals surface area (Å²) < 4.78 is 21.3. The van der Waals surface area contributed by atoms with Crippen LogP contribution in [0.1, 0.15) is 0 Å². The number of nitro benzene ring substituents is 2. The minimum atomic E-state index is -4.55. The van der Waals surface area contributed by atoms with Crippen LogP contribution in [0.2, 0.25) is 0 Å². The molecule has 0 radical (unpaired) electrons. The Morgan fingerprint density at radius 2 is 1.08 bits per heavy atom. The van der Waals surface area contributed by atoms with Crippen molar-refractivity contribution in [1.29, 1.82) is 0 Å². The molecule has 0 amide bonds. The molecule has 11 nitrogen and oxygen atoms in total. The summed E-state index contributed by atoms with van der Waals surface area (Å²) in [6, 6.07) is 8.95. The first-order chi connectivity index (χ1) is 10.8. The quantitative estimate of drug-likeness (QED) is 0.464. The minimum absolute atomic E-state index is 0. The molecule has 2 aromatic carbocycles. The lowest BCUT2D eigenvalue weighted by Gasteiger charge is -2.13. The van der Waals surface area contributed by atoms with Crippen LogP contribution in [0.5, 0.6) is 11.5 Å². The highest BCUT2D eigenvalue weighted by atomic mass is 31.2. The molecule has 0 aromatic heterocycles.